The number of H-pyrrole nitrogens is 1. The molecule has 0 saturated carbocycles. The highest BCUT2D eigenvalue weighted by molar-refractivity contribution is 5.67. The van der Waals surface area contributed by atoms with Crippen molar-refractivity contribution in [2.24, 2.45) is 0 Å². The number of nitrogens with two attached hydrogens (primary N) is 1. The number of carboxylic acid groups (broad SMARTS) is 1. The van der Waals surface area contributed by atoms with Crippen LogP contribution in [0.3, 0.4) is 0 Å². The van der Waals surface area contributed by atoms with Crippen molar-refractivity contribution in [1.82, 2.24) is 9.97 Å². The molecule has 1 aromatic heterocycles. The van der Waals surface area contributed by atoms with E-state index in [-0.39, 0.29) is 24.0 Å². The third-order valence-corrected chi connectivity index (χ3v) is 2.06. The van der Waals surface area contributed by atoms with Crippen LogP contribution in [-0.4, -0.2) is 27.1 Å². The number of carboxylic acids is 1. The third-order valence-electron chi connectivity index (χ3n) is 2.06. The third kappa shape index (κ3) is 3.26. The van der Waals surface area contributed by atoms with Crippen LogP contribution < -0.4 is 16.6 Å². The van der Waals surface area contributed by atoms with E-state index in [2.05, 4.69) is 15.3 Å². The molecule has 0 aliphatic carbocycles. The zero-order valence-electron chi connectivity index (χ0n) is 8.86. The first kappa shape index (κ1) is 12.0. The van der Waals surface area contributed by atoms with Crippen molar-refractivity contribution in [3.63, 3.8) is 0 Å². The highest BCUT2D eigenvalue weighted by atomic mass is 16.4. The van der Waals surface area contributed by atoms with Gasteiger partial charge in [0.1, 0.15) is 5.69 Å². The Morgan fingerprint density at radius 1 is 1.75 bits per heavy atom. The molecule has 0 aliphatic rings. The monoisotopic (exact) mass is 226 g/mol. The maximum atomic E-state index is 11.1. The van der Waals surface area contributed by atoms with Gasteiger partial charge < -0.3 is 21.1 Å². The van der Waals surface area contributed by atoms with Gasteiger partial charge in [0.15, 0.2) is 5.82 Å². The maximum Gasteiger partial charge on any atom is 0.303 e. The second-order valence-corrected chi connectivity index (χ2v) is 3.47. The summed E-state index contributed by atoms with van der Waals surface area (Å²) >= 11 is 0. The van der Waals surface area contributed by atoms with Crippen LogP contribution in [0, 0.1) is 0 Å². The fourth-order valence-electron chi connectivity index (χ4n) is 1.17. The standard InChI is InChI=1S/C9H14N4O3/c1-5(2-3-6(14)15)13-8-7(10)9(16)12-4-11-8/h4-5H,2-3,10H2,1H3,(H,14,15)(H2,11,12,13,16). The molecule has 0 bridgehead atoms. The normalized spacial score (nSPS) is 12.1. The van der Waals surface area contributed by atoms with Crippen molar-refractivity contribution in [1.29, 1.82) is 0 Å². The topological polar surface area (TPSA) is 121 Å². The molecule has 0 aliphatic heterocycles. The highest BCUT2D eigenvalue weighted by Gasteiger charge is 2.09. The fourth-order valence-corrected chi connectivity index (χ4v) is 1.17. The fraction of sp³-hybridized carbons (Fsp3) is 0.444. The van der Waals surface area contributed by atoms with E-state index in [0.29, 0.717) is 6.42 Å². The van der Waals surface area contributed by atoms with Crippen molar-refractivity contribution >= 4 is 17.5 Å². The maximum absolute atomic E-state index is 11.1. The lowest BCUT2D eigenvalue weighted by molar-refractivity contribution is -0.137. The van der Waals surface area contributed by atoms with Gasteiger partial charge in [-0.05, 0) is 13.3 Å². The zero-order chi connectivity index (χ0) is 12.1. The van der Waals surface area contributed by atoms with E-state index in [0.717, 1.165) is 0 Å². The summed E-state index contributed by atoms with van der Waals surface area (Å²) in [5, 5.41) is 11.4. The Morgan fingerprint density at radius 3 is 3.06 bits per heavy atom. The number of carbonyl (C=O) groups is 1. The summed E-state index contributed by atoms with van der Waals surface area (Å²) in [6.45, 7) is 1.80. The Morgan fingerprint density at radius 2 is 2.44 bits per heavy atom. The van der Waals surface area contributed by atoms with Crippen LogP contribution in [0.25, 0.3) is 0 Å². The van der Waals surface area contributed by atoms with Gasteiger partial charge in [0, 0.05) is 12.5 Å². The van der Waals surface area contributed by atoms with Gasteiger partial charge in [-0.1, -0.05) is 0 Å². The number of aromatic nitrogens is 2. The molecule has 5 N–H and O–H groups in total. The number of hydrogen-bond acceptors (Lipinski definition) is 5. The van der Waals surface area contributed by atoms with Gasteiger partial charge >= 0.3 is 5.97 Å². The lowest BCUT2D eigenvalue weighted by atomic mass is 10.2. The Labute approximate surface area is 91.7 Å². The van der Waals surface area contributed by atoms with Gasteiger partial charge in [-0.3, -0.25) is 9.59 Å². The summed E-state index contributed by atoms with van der Waals surface area (Å²) in [4.78, 5) is 27.7. The van der Waals surface area contributed by atoms with Crippen LogP contribution in [0.15, 0.2) is 11.1 Å². The van der Waals surface area contributed by atoms with Gasteiger partial charge in [0.05, 0.1) is 6.33 Å². The summed E-state index contributed by atoms with van der Waals surface area (Å²) in [6.07, 6.45) is 1.73. The van der Waals surface area contributed by atoms with Gasteiger partial charge in [0.2, 0.25) is 0 Å². The van der Waals surface area contributed by atoms with Crippen LogP contribution >= 0.6 is 0 Å². The van der Waals surface area contributed by atoms with E-state index in [9.17, 15) is 9.59 Å². The predicted molar refractivity (Wildman–Crippen MR) is 59.2 cm³/mol. The Balaban J connectivity index is 2.62. The Bertz CT molecular complexity index is 429. The minimum absolute atomic E-state index is 0.00433. The first-order chi connectivity index (χ1) is 7.50. The molecule has 1 heterocycles. The molecule has 0 fully saturated rings. The van der Waals surface area contributed by atoms with Crippen LogP contribution in [0.2, 0.25) is 0 Å². The molecule has 0 radical (unpaired) electrons. The Hall–Kier alpha value is -2.05. The van der Waals surface area contributed by atoms with E-state index in [4.69, 9.17) is 10.8 Å². The van der Waals surface area contributed by atoms with Crippen LogP contribution in [0.5, 0.6) is 0 Å². The average Bonchev–Trinajstić information content (AvgIpc) is 2.22. The second-order valence-electron chi connectivity index (χ2n) is 3.47. The summed E-state index contributed by atoms with van der Waals surface area (Å²) in [7, 11) is 0. The second kappa shape index (κ2) is 5.15. The van der Waals surface area contributed by atoms with Crippen molar-refractivity contribution in [2.45, 2.75) is 25.8 Å². The van der Waals surface area contributed by atoms with Gasteiger partial charge in [-0.25, -0.2) is 4.98 Å². The molecule has 1 rings (SSSR count). The average molecular weight is 226 g/mol. The smallest absolute Gasteiger partial charge is 0.303 e. The lowest BCUT2D eigenvalue weighted by Gasteiger charge is -2.13. The van der Waals surface area contributed by atoms with E-state index in [1.807, 2.05) is 0 Å². The summed E-state index contributed by atoms with van der Waals surface area (Å²) in [5.74, 6) is -0.581. The predicted octanol–water partition coefficient (Wildman–Crippen LogP) is 0.0173. The molecule has 7 heteroatoms. The summed E-state index contributed by atoms with van der Waals surface area (Å²) < 4.78 is 0. The number of nitrogens with one attached hydrogen (secondary N) is 2. The molecule has 0 spiro atoms. The number of aromatic amines is 1. The van der Waals surface area contributed by atoms with Crippen LogP contribution in [-0.2, 0) is 4.79 Å². The van der Waals surface area contributed by atoms with E-state index in [1.54, 1.807) is 6.92 Å². The molecule has 16 heavy (non-hydrogen) atoms. The minimum Gasteiger partial charge on any atom is -0.481 e. The van der Waals surface area contributed by atoms with Crippen molar-refractivity contribution < 1.29 is 9.90 Å². The number of hydrogen-bond donors (Lipinski definition) is 4. The first-order valence-corrected chi connectivity index (χ1v) is 4.82. The first-order valence-electron chi connectivity index (χ1n) is 4.82. The summed E-state index contributed by atoms with van der Waals surface area (Å²) in [5.41, 5.74) is 5.09. The molecule has 1 aromatic rings. The van der Waals surface area contributed by atoms with Gasteiger partial charge in [-0.2, -0.15) is 0 Å². The number of anilines is 2. The van der Waals surface area contributed by atoms with Gasteiger partial charge in [-0.15, -0.1) is 0 Å². The zero-order valence-corrected chi connectivity index (χ0v) is 8.86. The molecule has 1 unspecified atom stereocenters. The molecule has 0 saturated heterocycles. The van der Waals surface area contributed by atoms with E-state index < -0.39 is 11.5 Å². The molecule has 0 amide bonds. The van der Waals surface area contributed by atoms with E-state index >= 15 is 0 Å². The number of nitrogen functional groups attached to an aromatic ring is 1. The summed E-state index contributed by atoms with van der Waals surface area (Å²) in [6, 6.07) is -0.118. The van der Waals surface area contributed by atoms with Crippen LogP contribution in [0.1, 0.15) is 19.8 Å². The molecule has 1 atom stereocenters. The SMILES string of the molecule is CC(CCC(=O)O)Nc1nc[nH]c(=O)c1N. The lowest BCUT2D eigenvalue weighted by Crippen LogP contribution is -2.22. The largest absolute Gasteiger partial charge is 0.481 e. The quantitative estimate of drug-likeness (QED) is 0.561. The van der Waals surface area contributed by atoms with Crippen molar-refractivity contribution in [3.8, 4) is 0 Å². The van der Waals surface area contributed by atoms with Gasteiger partial charge in [0.25, 0.3) is 5.56 Å². The molecular formula is C9H14N4O3. The molecular weight excluding hydrogens is 212 g/mol. The molecule has 88 valence electrons. The van der Waals surface area contributed by atoms with Crippen LogP contribution in [0.4, 0.5) is 11.5 Å². The van der Waals surface area contributed by atoms with Crippen molar-refractivity contribution in [2.75, 3.05) is 11.1 Å². The number of aliphatic carboxylic acids is 1. The minimum atomic E-state index is -0.861. The Kier molecular flexibility index (Phi) is 3.87. The van der Waals surface area contributed by atoms with E-state index in [1.165, 1.54) is 6.33 Å². The molecule has 7 nitrogen and oxygen atoms in total. The number of rotatable bonds is 5. The number of nitrogens with zero attached hydrogens (tertiary/aromatic N) is 1. The van der Waals surface area contributed by atoms with Crippen molar-refractivity contribution in [3.05, 3.63) is 16.7 Å². The highest BCUT2D eigenvalue weighted by Crippen LogP contribution is 2.11. The molecule has 0 aromatic carbocycles.